The quantitative estimate of drug-likeness (QED) is 0.303. The summed E-state index contributed by atoms with van der Waals surface area (Å²) in [5.41, 5.74) is 4.20. The highest BCUT2D eigenvalue weighted by Gasteiger charge is 2.24. The van der Waals surface area contributed by atoms with Crippen molar-refractivity contribution in [3.63, 3.8) is 0 Å². The summed E-state index contributed by atoms with van der Waals surface area (Å²) in [6.45, 7) is 1.77. The molecular formula is C26H22Cl2N4O4. The van der Waals surface area contributed by atoms with E-state index in [1.54, 1.807) is 31.2 Å². The third kappa shape index (κ3) is 5.45. The Hall–Kier alpha value is -4.01. The number of anilines is 1. The monoisotopic (exact) mass is 524 g/mol. The molecule has 0 saturated carbocycles. The number of carbonyl (C=O) groups excluding carboxylic acids is 3. The van der Waals surface area contributed by atoms with Gasteiger partial charge in [0.25, 0.3) is 5.91 Å². The maximum absolute atomic E-state index is 13.2. The number of aromatic nitrogens is 1. The fourth-order valence-electron chi connectivity index (χ4n) is 3.74. The zero-order chi connectivity index (χ0) is 25.8. The molecule has 8 nitrogen and oxygen atoms in total. The molecule has 36 heavy (non-hydrogen) atoms. The third-order valence-corrected chi connectivity index (χ3v) is 5.86. The van der Waals surface area contributed by atoms with E-state index in [2.05, 4.69) is 16.1 Å². The van der Waals surface area contributed by atoms with Gasteiger partial charge in [-0.3, -0.25) is 19.8 Å². The van der Waals surface area contributed by atoms with Crippen LogP contribution in [0.1, 0.15) is 29.0 Å². The average Bonchev–Trinajstić information content (AvgIpc) is 3.22. The number of rotatable bonds is 6. The van der Waals surface area contributed by atoms with Crippen LogP contribution in [0.5, 0.6) is 5.75 Å². The molecule has 0 saturated heterocycles. The molecule has 0 unspecified atom stereocenters. The number of halogens is 2. The van der Waals surface area contributed by atoms with Crippen molar-refractivity contribution in [3.05, 3.63) is 94.1 Å². The summed E-state index contributed by atoms with van der Waals surface area (Å²) >= 11 is 12.1. The Labute approximate surface area is 217 Å². The lowest BCUT2D eigenvalue weighted by Crippen LogP contribution is -2.40. The van der Waals surface area contributed by atoms with Gasteiger partial charge in [-0.1, -0.05) is 65.7 Å². The van der Waals surface area contributed by atoms with Gasteiger partial charge in [0.15, 0.2) is 0 Å². The Bertz CT molecular complexity index is 1430. The third-order valence-electron chi connectivity index (χ3n) is 5.43. The number of ether oxygens (including phenoxy) is 1. The predicted octanol–water partition coefficient (Wildman–Crippen LogP) is 5.16. The van der Waals surface area contributed by atoms with Crippen molar-refractivity contribution in [2.75, 3.05) is 17.9 Å². The van der Waals surface area contributed by atoms with Crippen LogP contribution in [0, 0.1) is 0 Å². The molecule has 0 spiro atoms. The lowest BCUT2D eigenvalue weighted by Gasteiger charge is -2.16. The molecule has 1 atom stereocenters. The summed E-state index contributed by atoms with van der Waals surface area (Å²) in [6.07, 6.45) is 0. The highest BCUT2D eigenvalue weighted by atomic mass is 35.5. The molecular weight excluding hydrogens is 503 g/mol. The van der Waals surface area contributed by atoms with Crippen molar-refractivity contribution in [2.45, 2.75) is 13.0 Å². The first-order chi connectivity index (χ1) is 17.3. The number of nitrogens with one attached hydrogen (secondary N) is 3. The molecule has 3 amide bonds. The van der Waals surface area contributed by atoms with Crippen LogP contribution >= 0.6 is 23.2 Å². The van der Waals surface area contributed by atoms with E-state index in [4.69, 9.17) is 27.9 Å². The van der Waals surface area contributed by atoms with Gasteiger partial charge in [-0.05, 0) is 42.8 Å². The van der Waals surface area contributed by atoms with E-state index in [9.17, 15) is 14.4 Å². The summed E-state index contributed by atoms with van der Waals surface area (Å²) in [7, 11) is 1.47. The van der Waals surface area contributed by atoms with Gasteiger partial charge in [0.2, 0.25) is 0 Å². The van der Waals surface area contributed by atoms with Crippen molar-refractivity contribution in [1.29, 1.82) is 0 Å². The van der Waals surface area contributed by atoms with Gasteiger partial charge in [0.05, 0.1) is 13.2 Å². The number of methoxy groups -OCH3 is 1. The molecule has 0 aliphatic rings. The van der Waals surface area contributed by atoms with Gasteiger partial charge >= 0.3 is 11.8 Å². The van der Waals surface area contributed by atoms with Crippen LogP contribution < -0.4 is 20.8 Å². The number of nitrogens with zero attached hydrogens (tertiary/aromatic N) is 1. The number of benzene rings is 3. The van der Waals surface area contributed by atoms with Gasteiger partial charge < -0.3 is 15.4 Å². The summed E-state index contributed by atoms with van der Waals surface area (Å²) in [4.78, 5) is 38.8. The largest absolute Gasteiger partial charge is 0.494 e. The molecule has 0 bridgehead atoms. The topological polar surface area (TPSA) is 101 Å². The Morgan fingerprint density at radius 2 is 1.58 bits per heavy atom. The standard InChI is InChI=1S/C26H22Cl2N4O4/c1-15(16-7-4-3-5-8-16)29-25(34)26(35)31-32-21(11-17-9-6-10-22(36-2)23(17)32)24(33)30-20-13-18(27)12-19(28)14-20/h3-15H,1-2H3,(H,29,34)(H,30,33)(H,31,35)/t15-/m1/s1. The van der Waals surface area contributed by atoms with E-state index in [0.29, 0.717) is 32.4 Å². The van der Waals surface area contributed by atoms with Crippen LogP contribution in [0.15, 0.2) is 72.8 Å². The van der Waals surface area contributed by atoms with Crippen LogP contribution in [0.25, 0.3) is 10.9 Å². The molecule has 1 aromatic heterocycles. The molecule has 4 rings (SSSR count). The second kappa shape index (κ2) is 10.7. The van der Waals surface area contributed by atoms with Gasteiger partial charge in [0.1, 0.15) is 17.0 Å². The average molecular weight is 525 g/mol. The molecule has 1 heterocycles. The van der Waals surface area contributed by atoms with Crippen molar-refractivity contribution in [1.82, 2.24) is 9.99 Å². The van der Waals surface area contributed by atoms with Crippen LogP contribution in [-0.2, 0) is 9.59 Å². The number of carbonyl (C=O) groups is 3. The van der Waals surface area contributed by atoms with Crippen molar-refractivity contribution in [3.8, 4) is 5.75 Å². The molecule has 10 heteroatoms. The Balaban J connectivity index is 1.65. The van der Waals surface area contributed by atoms with Crippen molar-refractivity contribution in [2.24, 2.45) is 0 Å². The second-order valence-electron chi connectivity index (χ2n) is 7.92. The molecule has 0 aliphatic carbocycles. The second-order valence-corrected chi connectivity index (χ2v) is 8.79. The number of para-hydroxylation sites is 1. The number of amides is 3. The molecule has 0 radical (unpaired) electrons. The van der Waals surface area contributed by atoms with Crippen molar-refractivity contribution >= 4 is 57.5 Å². The van der Waals surface area contributed by atoms with Crippen LogP contribution in [0.4, 0.5) is 5.69 Å². The summed E-state index contributed by atoms with van der Waals surface area (Å²) in [6, 6.07) is 20.2. The smallest absolute Gasteiger partial charge is 0.328 e. The molecule has 184 valence electrons. The first-order valence-corrected chi connectivity index (χ1v) is 11.6. The lowest BCUT2D eigenvalue weighted by atomic mass is 10.1. The van der Waals surface area contributed by atoms with E-state index in [1.165, 1.54) is 30.0 Å². The molecule has 4 aromatic rings. The highest BCUT2D eigenvalue weighted by Crippen LogP contribution is 2.29. The minimum atomic E-state index is -0.957. The van der Waals surface area contributed by atoms with Crippen LogP contribution in [0.3, 0.4) is 0 Å². The van der Waals surface area contributed by atoms with Crippen molar-refractivity contribution < 1.29 is 19.1 Å². The minimum absolute atomic E-state index is 0.0582. The normalized spacial score (nSPS) is 11.6. The molecule has 0 fully saturated rings. The molecule has 3 aromatic carbocycles. The van der Waals surface area contributed by atoms with E-state index in [1.807, 2.05) is 30.3 Å². The van der Waals surface area contributed by atoms with Crippen LogP contribution in [0.2, 0.25) is 10.0 Å². The number of fused-ring (bicyclic) bond motifs is 1. The Morgan fingerprint density at radius 3 is 2.25 bits per heavy atom. The lowest BCUT2D eigenvalue weighted by molar-refractivity contribution is -0.137. The number of hydrogen-bond donors (Lipinski definition) is 3. The first kappa shape index (κ1) is 25.1. The minimum Gasteiger partial charge on any atom is -0.494 e. The maximum atomic E-state index is 13.2. The summed E-state index contributed by atoms with van der Waals surface area (Å²) in [5.74, 6) is -1.99. The van der Waals surface area contributed by atoms with E-state index in [0.717, 1.165) is 5.56 Å². The Morgan fingerprint density at radius 1 is 0.889 bits per heavy atom. The van der Waals surface area contributed by atoms with Gasteiger partial charge in [-0.25, -0.2) is 4.68 Å². The number of hydrogen-bond acceptors (Lipinski definition) is 4. The van der Waals surface area contributed by atoms with Gasteiger partial charge in [0, 0.05) is 21.1 Å². The highest BCUT2D eigenvalue weighted by molar-refractivity contribution is 6.38. The SMILES string of the molecule is COc1cccc2cc(C(=O)Nc3cc(Cl)cc(Cl)c3)n(NC(=O)C(=O)N[C@H](C)c3ccccc3)c12. The zero-order valence-corrected chi connectivity index (χ0v) is 20.9. The van der Waals surface area contributed by atoms with Gasteiger partial charge in [-0.15, -0.1) is 0 Å². The van der Waals surface area contributed by atoms with E-state index < -0.39 is 23.8 Å². The Kier molecular flexibility index (Phi) is 7.47. The zero-order valence-electron chi connectivity index (χ0n) is 19.3. The maximum Gasteiger partial charge on any atom is 0.328 e. The molecule has 3 N–H and O–H groups in total. The fourth-order valence-corrected chi connectivity index (χ4v) is 4.26. The first-order valence-electron chi connectivity index (χ1n) is 10.9. The summed E-state index contributed by atoms with van der Waals surface area (Å²) in [5, 5.41) is 6.68. The summed E-state index contributed by atoms with van der Waals surface area (Å²) < 4.78 is 6.66. The van der Waals surface area contributed by atoms with E-state index >= 15 is 0 Å². The van der Waals surface area contributed by atoms with Crippen LogP contribution in [-0.4, -0.2) is 29.5 Å². The van der Waals surface area contributed by atoms with Gasteiger partial charge in [-0.2, -0.15) is 0 Å². The predicted molar refractivity (Wildman–Crippen MR) is 140 cm³/mol. The fraction of sp³-hybridized carbons (Fsp3) is 0.115. The van der Waals surface area contributed by atoms with E-state index in [-0.39, 0.29) is 5.69 Å². The molecule has 0 aliphatic heterocycles.